The third-order valence-electron chi connectivity index (χ3n) is 3.02. The Bertz CT molecular complexity index is 319. The van der Waals surface area contributed by atoms with Crippen LogP contribution >= 0.6 is 11.8 Å². The van der Waals surface area contributed by atoms with Gasteiger partial charge in [0.15, 0.2) is 6.29 Å². The van der Waals surface area contributed by atoms with Crippen LogP contribution in [0.5, 0.6) is 0 Å². The fourth-order valence-electron chi connectivity index (χ4n) is 1.85. The SMILES string of the molecule is CO[C@@H]1O[C@H](CSC(CCO)C(=O)[O-])[C@H](O)[C@H](O)[C@H]1O.[Na+]. The molecule has 10 heteroatoms. The first-order chi connectivity index (χ1) is 9.42. The number of carboxylic acids is 1. The molecular formula is C11H19NaO8S. The normalized spacial score (nSPS) is 34.0. The van der Waals surface area contributed by atoms with Crippen LogP contribution in [0.4, 0.5) is 0 Å². The van der Waals surface area contributed by atoms with Crippen molar-refractivity contribution in [3.63, 3.8) is 0 Å². The molecule has 0 saturated carbocycles. The van der Waals surface area contributed by atoms with E-state index in [4.69, 9.17) is 14.6 Å². The number of rotatable bonds is 7. The van der Waals surface area contributed by atoms with Crippen molar-refractivity contribution >= 4 is 17.7 Å². The number of thioether (sulfide) groups is 1. The summed E-state index contributed by atoms with van der Waals surface area (Å²) >= 11 is 0.925. The van der Waals surface area contributed by atoms with Gasteiger partial charge in [0, 0.05) is 24.7 Å². The van der Waals surface area contributed by atoms with Crippen molar-refractivity contribution in [1.29, 1.82) is 0 Å². The van der Waals surface area contributed by atoms with E-state index in [-0.39, 0.29) is 48.3 Å². The Morgan fingerprint density at radius 3 is 2.43 bits per heavy atom. The van der Waals surface area contributed by atoms with Gasteiger partial charge in [0.1, 0.15) is 18.3 Å². The van der Waals surface area contributed by atoms with Crippen LogP contribution in [0.1, 0.15) is 6.42 Å². The van der Waals surface area contributed by atoms with E-state index >= 15 is 0 Å². The van der Waals surface area contributed by atoms with Gasteiger partial charge >= 0.3 is 29.6 Å². The van der Waals surface area contributed by atoms with Gasteiger partial charge in [-0.1, -0.05) is 0 Å². The molecule has 21 heavy (non-hydrogen) atoms. The number of carbonyl (C=O) groups is 1. The summed E-state index contributed by atoms with van der Waals surface area (Å²) in [6, 6.07) is 0. The molecule has 0 amide bonds. The van der Waals surface area contributed by atoms with Crippen molar-refractivity contribution in [1.82, 2.24) is 0 Å². The molecule has 0 radical (unpaired) electrons. The average molecular weight is 334 g/mol. The summed E-state index contributed by atoms with van der Waals surface area (Å²) in [4.78, 5) is 10.8. The van der Waals surface area contributed by atoms with Crippen LogP contribution in [0.15, 0.2) is 0 Å². The summed E-state index contributed by atoms with van der Waals surface area (Å²) in [5, 5.41) is 47.6. The van der Waals surface area contributed by atoms with E-state index in [0.29, 0.717) is 0 Å². The summed E-state index contributed by atoms with van der Waals surface area (Å²) in [6.45, 7) is -0.304. The van der Waals surface area contributed by atoms with Gasteiger partial charge in [-0.25, -0.2) is 0 Å². The van der Waals surface area contributed by atoms with E-state index in [1.165, 1.54) is 7.11 Å². The van der Waals surface area contributed by atoms with Gasteiger partial charge in [0.05, 0.1) is 12.1 Å². The zero-order valence-corrected chi connectivity index (χ0v) is 14.7. The van der Waals surface area contributed by atoms with E-state index < -0.39 is 41.9 Å². The number of aliphatic hydroxyl groups excluding tert-OH is 4. The minimum Gasteiger partial charge on any atom is -0.549 e. The number of hydrogen-bond acceptors (Lipinski definition) is 9. The topological polar surface area (TPSA) is 140 Å². The number of carbonyl (C=O) groups excluding carboxylic acids is 1. The first-order valence-corrected chi connectivity index (χ1v) is 7.13. The van der Waals surface area contributed by atoms with Crippen molar-refractivity contribution in [3.8, 4) is 0 Å². The number of hydrogen-bond donors (Lipinski definition) is 4. The van der Waals surface area contributed by atoms with E-state index in [1.54, 1.807) is 0 Å². The largest absolute Gasteiger partial charge is 1.00 e. The number of aliphatic carboxylic acids is 1. The first-order valence-electron chi connectivity index (χ1n) is 6.08. The van der Waals surface area contributed by atoms with Crippen LogP contribution in [-0.4, -0.2) is 81.8 Å². The smallest absolute Gasteiger partial charge is 0.549 e. The van der Waals surface area contributed by atoms with Crippen LogP contribution in [0.3, 0.4) is 0 Å². The average Bonchev–Trinajstić information content (AvgIpc) is 2.42. The van der Waals surface area contributed by atoms with Gasteiger partial charge in [-0.15, -0.1) is 11.8 Å². The third kappa shape index (κ3) is 5.94. The molecule has 1 saturated heterocycles. The van der Waals surface area contributed by atoms with E-state index in [0.717, 1.165) is 11.8 Å². The number of carboxylic acid groups (broad SMARTS) is 1. The van der Waals surface area contributed by atoms with E-state index in [2.05, 4.69) is 0 Å². The Morgan fingerprint density at radius 1 is 1.33 bits per heavy atom. The summed E-state index contributed by atoms with van der Waals surface area (Å²) in [5.41, 5.74) is 0. The van der Waals surface area contributed by atoms with Crippen molar-refractivity contribution in [2.45, 2.75) is 42.4 Å². The summed E-state index contributed by atoms with van der Waals surface area (Å²) in [5.74, 6) is -1.28. The van der Waals surface area contributed by atoms with Gasteiger partial charge in [0.2, 0.25) is 0 Å². The molecule has 0 aromatic heterocycles. The van der Waals surface area contributed by atoms with E-state index in [1.807, 2.05) is 0 Å². The second kappa shape index (κ2) is 10.4. The number of ether oxygens (including phenoxy) is 2. The second-order valence-electron chi connectivity index (χ2n) is 4.40. The number of aliphatic hydroxyl groups is 4. The predicted molar refractivity (Wildman–Crippen MR) is 66.6 cm³/mol. The fourth-order valence-corrected chi connectivity index (χ4v) is 2.95. The molecule has 0 bridgehead atoms. The Kier molecular flexibility index (Phi) is 10.7. The molecule has 6 atom stereocenters. The van der Waals surface area contributed by atoms with Gasteiger partial charge in [-0.3, -0.25) is 0 Å². The standard InChI is InChI=1S/C11H20O8S.Na/c1-18-11-9(15)8(14)7(13)5(19-11)4-20-6(2-3-12)10(16)17;/h5-9,11-15H,2-4H2,1H3,(H,16,17);/q;+1/p-1/t5-,6?,7+,8+,9-,11-;/m1./s1. The minimum atomic E-state index is -1.45. The van der Waals surface area contributed by atoms with Crippen LogP contribution < -0.4 is 34.7 Å². The van der Waals surface area contributed by atoms with Crippen LogP contribution in [0.2, 0.25) is 0 Å². The molecular weight excluding hydrogens is 315 g/mol. The molecule has 0 aromatic carbocycles. The van der Waals surface area contributed by atoms with E-state index in [9.17, 15) is 25.2 Å². The molecule has 0 aliphatic carbocycles. The van der Waals surface area contributed by atoms with Crippen LogP contribution in [0, 0.1) is 0 Å². The Balaban J connectivity index is 0.00000400. The van der Waals surface area contributed by atoms with Gasteiger partial charge in [-0.05, 0) is 6.42 Å². The molecule has 1 rings (SSSR count). The van der Waals surface area contributed by atoms with Crippen molar-refractivity contribution in [2.75, 3.05) is 19.5 Å². The molecule has 0 spiro atoms. The molecule has 1 aliphatic heterocycles. The molecule has 1 aliphatic rings. The number of methoxy groups -OCH3 is 1. The monoisotopic (exact) mass is 334 g/mol. The summed E-state index contributed by atoms with van der Waals surface area (Å²) in [6.07, 6.45) is -6.18. The van der Waals surface area contributed by atoms with Crippen molar-refractivity contribution < 1.29 is 69.4 Å². The minimum absolute atomic E-state index is 0. The van der Waals surface area contributed by atoms with Gasteiger partial charge < -0.3 is 39.8 Å². The quantitative estimate of drug-likeness (QED) is 0.335. The fraction of sp³-hybridized carbons (Fsp3) is 0.909. The molecule has 1 heterocycles. The summed E-state index contributed by atoms with van der Waals surface area (Å²) < 4.78 is 10.1. The van der Waals surface area contributed by atoms with Crippen LogP contribution in [-0.2, 0) is 14.3 Å². The molecule has 4 N–H and O–H groups in total. The second-order valence-corrected chi connectivity index (χ2v) is 5.64. The molecule has 1 unspecified atom stereocenters. The molecule has 8 nitrogen and oxygen atoms in total. The zero-order valence-electron chi connectivity index (χ0n) is 11.9. The Hall–Kier alpha value is 0.580. The van der Waals surface area contributed by atoms with Crippen molar-refractivity contribution in [2.24, 2.45) is 0 Å². The molecule has 1 fully saturated rings. The molecule has 118 valence electrons. The summed E-state index contributed by atoms with van der Waals surface area (Å²) in [7, 11) is 1.28. The zero-order chi connectivity index (χ0) is 15.3. The maximum Gasteiger partial charge on any atom is 1.00 e. The Morgan fingerprint density at radius 2 is 1.95 bits per heavy atom. The maximum absolute atomic E-state index is 10.8. The maximum atomic E-state index is 10.8. The predicted octanol–water partition coefficient (Wildman–Crippen LogP) is -6.32. The first kappa shape index (κ1) is 21.6. The van der Waals surface area contributed by atoms with Crippen molar-refractivity contribution in [3.05, 3.63) is 0 Å². The Labute approximate surface area is 148 Å². The van der Waals surface area contributed by atoms with Crippen LogP contribution in [0.25, 0.3) is 0 Å². The third-order valence-corrected chi connectivity index (χ3v) is 4.37. The van der Waals surface area contributed by atoms with Gasteiger partial charge in [0.25, 0.3) is 0 Å². The molecule has 0 aromatic rings. The van der Waals surface area contributed by atoms with Gasteiger partial charge in [-0.2, -0.15) is 0 Å².